The second-order valence-electron chi connectivity index (χ2n) is 6.66. The van der Waals surface area contributed by atoms with E-state index in [0.29, 0.717) is 13.1 Å². The number of hydrogen-bond donors (Lipinski definition) is 1. The average molecular weight is 381 g/mol. The van der Waals surface area contributed by atoms with Crippen molar-refractivity contribution in [1.29, 1.82) is 0 Å². The van der Waals surface area contributed by atoms with Crippen molar-refractivity contribution in [2.75, 3.05) is 26.0 Å². The standard InChI is InChI=1S/C19H28N2O4S/c1-5-7-15-8-10-16(11-9-15)19-17(12-20(6-2)14(3)23)21(18(19)13-22)26(4,24)25/h5,7-11,17-19,22H,6,12-13H2,1-4H3/b7-5+/t17-,18+,19+/m0/s1. The molecule has 1 aromatic carbocycles. The smallest absolute Gasteiger partial charge is 0.219 e. The summed E-state index contributed by atoms with van der Waals surface area (Å²) >= 11 is 0. The van der Waals surface area contributed by atoms with Crippen LogP contribution in [0.2, 0.25) is 0 Å². The number of rotatable bonds is 7. The third kappa shape index (κ3) is 4.16. The number of likely N-dealkylation sites (N-methyl/N-ethyl adjacent to an activating group) is 1. The molecule has 6 nitrogen and oxygen atoms in total. The summed E-state index contributed by atoms with van der Waals surface area (Å²) in [6.07, 6.45) is 5.09. The highest BCUT2D eigenvalue weighted by molar-refractivity contribution is 7.88. The highest BCUT2D eigenvalue weighted by Crippen LogP contribution is 2.42. The Kier molecular flexibility index (Phi) is 6.60. The van der Waals surface area contributed by atoms with E-state index in [1.54, 1.807) is 4.90 Å². The number of aliphatic hydroxyl groups is 1. The van der Waals surface area contributed by atoms with Crippen LogP contribution in [0.1, 0.15) is 37.8 Å². The van der Waals surface area contributed by atoms with Gasteiger partial charge in [0.2, 0.25) is 15.9 Å². The molecule has 0 bridgehead atoms. The number of amides is 1. The van der Waals surface area contributed by atoms with E-state index in [1.807, 2.05) is 50.3 Å². The van der Waals surface area contributed by atoms with Gasteiger partial charge in [-0.15, -0.1) is 0 Å². The highest BCUT2D eigenvalue weighted by atomic mass is 32.2. The Morgan fingerprint density at radius 3 is 2.31 bits per heavy atom. The Hall–Kier alpha value is -1.70. The van der Waals surface area contributed by atoms with Gasteiger partial charge in [0.15, 0.2) is 0 Å². The summed E-state index contributed by atoms with van der Waals surface area (Å²) in [5, 5.41) is 9.81. The van der Waals surface area contributed by atoms with Gasteiger partial charge in [-0.1, -0.05) is 36.4 Å². The Bertz CT molecular complexity index is 758. The quantitative estimate of drug-likeness (QED) is 0.781. The molecular weight excluding hydrogens is 352 g/mol. The SMILES string of the molecule is C/C=C/c1ccc([C@H]2[C@@H](CO)N(S(C)(=O)=O)[C@H]2CN(CC)C(C)=O)cc1. The van der Waals surface area contributed by atoms with Crippen molar-refractivity contribution in [2.45, 2.75) is 38.8 Å². The maximum Gasteiger partial charge on any atom is 0.219 e. The second-order valence-corrected chi connectivity index (χ2v) is 8.55. The monoisotopic (exact) mass is 380 g/mol. The zero-order chi connectivity index (χ0) is 19.5. The molecule has 0 spiro atoms. The minimum atomic E-state index is -3.49. The molecule has 0 radical (unpaired) electrons. The predicted octanol–water partition coefficient (Wildman–Crippen LogP) is 1.68. The third-order valence-corrected chi connectivity index (χ3v) is 6.28. The number of aliphatic hydroxyl groups excluding tert-OH is 1. The van der Waals surface area contributed by atoms with Crippen LogP contribution in [0.5, 0.6) is 0 Å². The first-order valence-electron chi connectivity index (χ1n) is 8.82. The lowest BCUT2D eigenvalue weighted by Crippen LogP contribution is -2.68. The van der Waals surface area contributed by atoms with Gasteiger partial charge in [0.05, 0.1) is 24.9 Å². The molecule has 1 amide bonds. The largest absolute Gasteiger partial charge is 0.395 e. The van der Waals surface area contributed by atoms with Gasteiger partial charge in [0.25, 0.3) is 0 Å². The summed E-state index contributed by atoms with van der Waals surface area (Å²) in [5.41, 5.74) is 2.04. The molecule has 3 atom stereocenters. The molecule has 1 fully saturated rings. The number of allylic oxidation sites excluding steroid dienone is 1. The number of hydrogen-bond acceptors (Lipinski definition) is 4. The fourth-order valence-electron chi connectivity index (χ4n) is 3.77. The maximum absolute atomic E-state index is 12.3. The predicted molar refractivity (Wildman–Crippen MR) is 103 cm³/mol. The Morgan fingerprint density at radius 1 is 1.27 bits per heavy atom. The first-order chi connectivity index (χ1) is 12.2. The Labute approximate surface area is 156 Å². The van der Waals surface area contributed by atoms with Crippen LogP contribution in [0.15, 0.2) is 30.3 Å². The second kappa shape index (κ2) is 8.33. The summed E-state index contributed by atoms with van der Waals surface area (Å²) in [5.74, 6) is -0.238. The van der Waals surface area contributed by atoms with E-state index < -0.39 is 16.1 Å². The number of sulfonamides is 1. The fraction of sp³-hybridized carbons (Fsp3) is 0.526. The van der Waals surface area contributed by atoms with Crippen LogP contribution in [0.25, 0.3) is 6.08 Å². The van der Waals surface area contributed by atoms with Gasteiger partial charge >= 0.3 is 0 Å². The van der Waals surface area contributed by atoms with Crippen molar-refractivity contribution in [3.63, 3.8) is 0 Å². The maximum atomic E-state index is 12.3. The number of nitrogens with zero attached hydrogens (tertiary/aromatic N) is 2. The van der Waals surface area contributed by atoms with Crippen LogP contribution in [-0.2, 0) is 14.8 Å². The van der Waals surface area contributed by atoms with Gasteiger partial charge in [0, 0.05) is 25.9 Å². The number of carbonyl (C=O) groups is 1. The minimum absolute atomic E-state index is 0.0874. The molecule has 1 heterocycles. The number of benzene rings is 1. The van der Waals surface area contributed by atoms with E-state index >= 15 is 0 Å². The van der Waals surface area contributed by atoms with Crippen LogP contribution >= 0.6 is 0 Å². The summed E-state index contributed by atoms with van der Waals surface area (Å²) in [6.45, 7) is 5.88. The van der Waals surface area contributed by atoms with E-state index in [1.165, 1.54) is 11.2 Å². The molecule has 1 saturated heterocycles. The summed E-state index contributed by atoms with van der Waals surface area (Å²) in [4.78, 5) is 13.5. The first-order valence-corrected chi connectivity index (χ1v) is 10.7. The third-order valence-electron chi connectivity index (χ3n) is 4.97. The van der Waals surface area contributed by atoms with E-state index in [0.717, 1.165) is 17.4 Å². The molecular formula is C19H28N2O4S. The average Bonchev–Trinajstić information content (AvgIpc) is 2.54. The van der Waals surface area contributed by atoms with Gasteiger partial charge in [0.1, 0.15) is 0 Å². The van der Waals surface area contributed by atoms with Gasteiger partial charge < -0.3 is 10.0 Å². The normalized spacial score (nSPS) is 23.8. The Morgan fingerprint density at radius 2 is 1.88 bits per heavy atom. The summed E-state index contributed by atoms with van der Waals surface area (Å²) in [7, 11) is -3.49. The molecule has 1 aromatic rings. The molecule has 1 aliphatic heterocycles. The number of carbonyl (C=O) groups excluding carboxylic acids is 1. The van der Waals surface area contributed by atoms with Gasteiger partial charge in [-0.2, -0.15) is 4.31 Å². The molecule has 0 aliphatic carbocycles. The molecule has 26 heavy (non-hydrogen) atoms. The van der Waals surface area contributed by atoms with Crippen LogP contribution in [0.3, 0.4) is 0 Å². The molecule has 0 unspecified atom stereocenters. The van der Waals surface area contributed by atoms with E-state index in [2.05, 4.69) is 0 Å². The van der Waals surface area contributed by atoms with Crippen molar-refractivity contribution in [3.05, 3.63) is 41.5 Å². The van der Waals surface area contributed by atoms with Crippen LogP contribution in [0, 0.1) is 0 Å². The molecule has 1 aliphatic rings. The fourth-order valence-corrected chi connectivity index (χ4v) is 5.15. The Balaban J connectivity index is 2.37. The van der Waals surface area contributed by atoms with Crippen LogP contribution < -0.4 is 0 Å². The van der Waals surface area contributed by atoms with E-state index in [9.17, 15) is 18.3 Å². The van der Waals surface area contributed by atoms with E-state index in [4.69, 9.17) is 0 Å². The van der Waals surface area contributed by atoms with Crippen molar-refractivity contribution < 1.29 is 18.3 Å². The molecule has 2 rings (SSSR count). The van der Waals surface area contributed by atoms with Gasteiger partial charge in [-0.25, -0.2) is 8.42 Å². The molecule has 144 valence electrons. The lowest BCUT2D eigenvalue weighted by molar-refractivity contribution is -0.130. The topological polar surface area (TPSA) is 77.9 Å². The van der Waals surface area contributed by atoms with Gasteiger partial charge in [-0.05, 0) is 25.0 Å². The van der Waals surface area contributed by atoms with E-state index in [-0.39, 0.29) is 24.5 Å². The van der Waals surface area contributed by atoms with Crippen LogP contribution in [0.4, 0.5) is 0 Å². The lowest BCUT2D eigenvalue weighted by Gasteiger charge is -2.54. The van der Waals surface area contributed by atoms with Crippen molar-refractivity contribution in [1.82, 2.24) is 9.21 Å². The molecule has 1 N–H and O–H groups in total. The van der Waals surface area contributed by atoms with Crippen molar-refractivity contribution in [2.24, 2.45) is 0 Å². The highest BCUT2D eigenvalue weighted by Gasteiger charge is 2.53. The summed E-state index contributed by atoms with van der Waals surface area (Å²) in [6, 6.07) is 7.02. The van der Waals surface area contributed by atoms with Crippen molar-refractivity contribution in [3.8, 4) is 0 Å². The first kappa shape index (κ1) is 20.6. The molecule has 0 saturated carbocycles. The summed E-state index contributed by atoms with van der Waals surface area (Å²) < 4.78 is 25.9. The zero-order valence-corrected chi connectivity index (χ0v) is 16.6. The van der Waals surface area contributed by atoms with Crippen molar-refractivity contribution >= 4 is 22.0 Å². The minimum Gasteiger partial charge on any atom is -0.395 e. The molecule has 0 aromatic heterocycles. The lowest BCUT2D eigenvalue weighted by atomic mass is 9.77. The van der Waals surface area contributed by atoms with Crippen LogP contribution in [-0.4, -0.2) is 66.7 Å². The van der Waals surface area contributed by atoms with Gasteiger partial charge in [-0.3, -0.25) is 4.79 Å². The zero-order valence-electron chi connectivity index (χ0n) is 15.8. The molecule has 7 heteroatoms.